The Morgan fingerprint density at radius 1 is 1.15 bits per heavy atom. The molecule has 1 aliphatic carbocycles. The standard InChI is InChI=1S/C8H13Si.3ClH.Ti/c1-9(2,3)8-6-4-5-7-8;;;;/h4-5H,6H2,1-3H3;3*1H;/q;;;;+3/p-3. The maximum absolute atomic E-state index is 2.42. The second kappa shape index (κ2) is 7.56. The van der Waals surface area contributed by atoms with Gasteiger partial charge in [-0.2, -0.15) is 0 Å². The van der Waals surface area contributed by atoms with Gasteiger partial charge in [-0.25, -0.2) is 0 Å². The van der Waals surface area contributed by atoms with Crippen LogP contribution in [0, 0.1) is 0 Å². The molecule has 1 rings (SSSR count). The van der Waals surface area contributed by atoms with Gasteiger partial charge in [0, 0.05) is 0 Å². The van der Waals surface area contributed by atoms with Crippen molar-refractivity contribution in [3.05, 3.63) is 21.2 Å². The normalized spacial score (nSPS) is 14.5. The van der Waals surface area contributed by atoms with E-state index in [1.807, 2.05) is 0 Å². The summed E-state index contributed by atoms with van der Waals surface area (Å²) < 4.78 is 1.53. The Labute approximate surface area is 112 Å². The van der Waals surface area contributed by atoms with Gasteiger partial charge in [-0.05, 0) is 0 Å². The van der Waals surface area contributed by atoms with Gasteiger partial charge in [-0.15, -0.1) is 0 Å². The predicted molar refractivity (Wildman–Crippen MR) is 44.1 cm³/mol. The summed E-state index contributed by atoms with van der Waals surface area (Å²) in [7, 11) is -0.970. The van der Waals surface area contributed by atoms with Crippen LogP contribution < -0.4 is 37.2 Å². The zero-order valence-corrected chi connectivity index (χ0v) is 12.8. The Morgan fingerprint density at radius 3 is 1.77 bits per heavy atom. The van der Waals surface area contributed by atoms with E-state index in [-0.39, 0.29) is 37.2 Å². The third-order valence-electron chi connectivity index (χ3n) is 1.84. The molecule has 74 valence electrons. The molecule has 0 unspecified atom stereocenters. The molecule has 0 heterocycles. The number of hydrogen-bond donors (Lipinski definition) is 0. The molecule has 1 aliphatic rings. The summed E-state index contributed by atoms with van der Waals surface area (Å²) in [4.78, 5) is 0. The predicted octanol–water partition coefficient (Wildman–Crippen LogP) is -6.36. The van der Waals surface area contributed by atoms with Gasteiger partial charge in [0.25, 0.3) is 0 Å². The minimum atomic E-state index is -0.970. The molecule has 0 amide bonds. The van der Waals surface area contributed by atoms with E-state index < -0.39 is 8.07 Å². The van der Waals surface area contributed by atoms with Crippen molar-refractivity contribution in [1.29, 1.82) is 0 Å². The number of rotatable bonds is 1. The molecule has 0 nitrogen and oxygen atoms in total. The average molecular weight is 292 g/mol. The van der Waals surface area contributed by atoms with Gasteiger partial charge in [0.1, 0.15) is 0 Å². The summed E-state index contributed by atoms with van der Waals surface area (Å²) in [5.41, 5.74) is 0. The van der Waals surface area contributed by atoms with E-state index in [0.717, 1.165) is 0 Å². The molecule has 0 saturated carbocycles. The summed E-state index contributed by atoms with van der Waals surface area (Å²) in [5.74, 6) is 0. The Kier molecular flexibility index (Phi) is 11.5. The Balaban J connectivity index is -0.000000333. The first-order valence-electron chi connectivity index (χ1n) is 3.63. The second-order valence-corrected chi connectivity index (χ2v) is 9.69. The molecule has 0 aromatic carbocycles. The average Bonchev–Trinajstić information content (AvgIpc) is 2.11. The first kappa shape index (κ1) is 19.8. The van der Waals surface area contributed by atoms with Gasteiger partial charge >= 0.3 is 75.8 Å². The van der Waals surface area contributed by atoms with Crippen LogP contribution >= 0.6 is 0 Å². The van der Waals surface area contributed by atoms with Gasteiger partial charge < -0.3 is 37.2 Å². The molecule has 13 heavy (non-hydrogen) atoms. The largest absolute Gasteiger partial charge is 1.00 e. The molecule has 0 atom stereocenters. The van der Waals surface area contributed by atoms with Crippen LogP contribution in [-0.4, -0.2) is 8.07 Å². The fraction of sp³-hybridized carbons (Fsp3) is 0.500. The third-order valence-corrected chi connectivity index (χ3v) is 5.24. The topological polar surface area (TPSA) is 0 Å². The summed E-state index contributed by atoms with van der Waals surface area (Å²) in [6, 6.07) is 0. The number of hydrogen-bond acceptors (Lipinski definition) is 0. The van der Waals surface area contributed by atoms with Crippen LogP contribution in [0.5, 0.6) is 0 Å². The van der Waals surface area contributed by atoms with E-state index in [4.69, 9.17) is 0 Å². The van der Waals surface area contributed by atoms with Crippen molar-refractivity contribution in [3.63, 3.8) is 0 Å². The SMILES string of the molecule is C[Si](C)(C)C1=[C]([Ti+3])C=CC1.[Cl-].[Cl-].[Cl-]. The van der Waals surface area contributed by atoms with Crippen molar-refractivity contribution in [2.45, 2.75) is 26.1 Å². The molecular weight excluding hydrogens is 278 g/mol. The monoisotopic (exact) mass is 290 g/mol. The summed E-state index contributed by atoms with van der Waals surface area (Å²) in [5, 5.41) is 1.73. The Morgan fingerprint density at radius 2 is 1.62 bits per heavy atom. The fourth-order valence-electron chi connectivity index (χ4n) is 1.22. The van der Waals surface area contributed by atoms with Gasteiger partial charge in [-0.1, -0.05) is 0 Å². The summed E-state index contributed by atoms with van der Waals surface area (Å²) in [6.45, 7) is 7.25. The van der Waals surface area contributed by atoms with E-state index in [0.29, 0.717) is 0 Å². The Hall–Kier alpha value is 1.28. The van der Waals surface area contributed by atoms with Crippen LogP contribution in [0.3, 0.4) is 0 Å². The van der Waals surface area contributed by atoms with Crippen LogP contribution in [0.15, 0.2) is 21.2 Å². The van der Waals surface area contributed by atoms with E-state index in [1.54, 1.807) is 5.20 Å². The van der Waals surface area contributed by atoms with E-state index in [9.17, 15) is 0 Å². The van der Waals surface area contributed by atoms with Gasteiger partial charge in [-0.3, -0.25) is 0 Å². The van der Waals surface area contributed by atoms with E-state index >= 15 is 0 Å². The molecule has 0 radical (unpaired) electrons. The van der Waals surface area contributed by atoms with Crippen molar-refractivity contribution in [2.75, 3.05) is 0 Å². The van der Waals surface area contributed by atoms with Crippen LogP contribution in [0.1, 0.15) is 6.42 Å². The molecule has 0 fully saturated rings. The maximum Gasteiger partial charge on any atom is -1.00 e. The maximum atomic E-state index is 2.42. The van der Waals surface area contributed by atoms with Crippen molar-refractivity contribution < 1.29 is 57.7 Å². The minimum Gasteiger partial charge on any atom is -1.00 e. The third kappa shape index (κ3) is 5.66. The molecule has 0 N–H and O–H groups in total. The molecular formula is C8H13Cl3SiTi. The Bertz CT molecular complexity index is 206. The minimum absolute atomic E-state index is 0. The molecule has 0 aliphatic heterocycles. The molecule has 0 saturated heterocycles. The number of allylic oxidation sites excluding steroid dienone is 4. The summed E-state index contributed by atoms with van der Waals surface area (Å²) >= 11 is 2.23. The molecule has 0 aromatic rings. The quantitative estimate of drug-likeness (QED) is 0.422. The van der Waals surface area contributed by atoms with Crippen molar-refractivity contribution in [1.82, 2.24) is 0 Å². The van der Waals surface area contributed by atoms with Gasteiger partial charge in [0.05, 0.1) is 0 Å². The molecule has 0 bridgehead atoms. The van der Waals surface area contributed by atoms with Gasteiger partial charge in [0.2, 0.25) is 0 Å². The van der Waals surface area contributed by atoms with E-state index in [1.165, 1.54) is 10.3 Å². The number of halogens is 3. The second-order valence-electron chi connectivity index (χ2n) is 3.75. The molecule has 0 aromatic heterocycles. The summed E-state index contributed by atoms with van der Waals surface area (Å²) in [6.07, 6.45) is 5.76. The van der Waals surface area contributed by atoms with Crippen LogP contribution in [-0.2, 0) is 20.4 Å². The zero-order valence-electron chi connectivity index (χ0n) is 8.00. The van der Waals surface area contributed by atoms with Crippen molar-refractivity contribution >= 4 is 8.07 Å². The molecule has 5 heteroatoms. The van der Waals surface area contributed by atoms with Crippen molar-refractivity contribution in [3.8, 4) is 0 Å². The van der Waals surface area contributed by atoms with Gasteiger partial charge in [0.15, 0.2) is 0 Å². The van der Waals surface area contributed by atoms with Crippen molar-refractivity contribution in [2.24, 2.45) is 0 Å². The fourth-order valence-corrected chi connectivity index (χ4v) is 4.94. The molecule has 0 spiro atoms. The van der Waals surface area contributed by atoms with E-state index in [2.05, 4.69) is 52.2 Å². The first-order chi connectivity index (χ1) is 4.52. The van der Waals surface area contributed by atoms with Crippen LogP contribution in [0.25, 0.3) is 0 Å². The first-order valence-corrected chi connectivity index (χ1v) is 7.91. The smallest absolute Gasteiger partial charge is 1.00 e. The van der Waals surface area contributed by atoms with Crippen LogP contribution in [0.2, 0.25) is 19.6 Å². The zero-order chi connectivity index (χ0) is 7.78. The van der Waals surface area contributed by atoms with Crippen LogP contribution in [0.4, 0.5) is 0 Å².